The van der Waals surface area contributed by atoms with E-state index in [4.69, 9.17) is 0 Å². The Morgan fingerprint density at radius 3 is 2.74 bits per heavy atom. The molecule has 0 aliphatic carbocycles. The van der Waals surface area contributed by atoms with Crippen molar-refractivity contribution in [1.82, 2.24) is 9.51 Å². The summed E-state index contributed by atoms with van der Waals surface area (Å²) in [5, 5.41) is 1.39. The maximum Gasteiger partial charge on any atom is 0.320 e. The van der Waals surface area contributed by atoms with Gasteiger partial charge in [-0.2, -0.15) is 8.42 Å². The molecule has 0 unspecified atom stereocenters. The molecule has 0 spiro atoms. The van der Waals surface area contributed by atoms with Gasteiger partial charge in [-0.15, -0.1) is 11.3 Å². The van der Waals surface area contributed by atoms with Gasteiger partial charge in [0.05, 0.1) is 0 Å². The summed E-state index contributed by atoms with van der Waals surface area (Å²) >= 11 is 0.741. The van der Waals surface area contributed by atoms with Gasteiger partial charge < -0.3 is 0 Å². The SMILES string of the molecule is Cc1cccc(C(=O)N(F)S(=O)(=O)c2nccs2)c1. The number of sulfonamides is 1. The highest BCUT2D eigenvalue weighted by Crippen LogP contribution is 2.20. The molecule has 0 aliphatic heterocycles. The lowest BCUT2D eigenvalue weighted by molar-refractivity contribution is 0.0588. The molecule has 2 rings (SSSR count). The van der Waals surface area contributed by atoms with Crippen LogP contribution in [0.5, 0.6) is 0 Å². The molecule has 2 aromatic rings. The molecule has 0 aliphatic rings. The average Bonchev–Trinajstić information content (AvgIpc) is 2.91. The van der Waals surface area contributed by atoms with Crippen molar-refractivity contribution in [3.63, 3.8) is 0 Å². The van der Waals surface area contributed by atoms with E-state index in [0.29, 0.717) is 0 Å². The third-order valence-electron chi connectivity index (χ3n) is 2.27. The first kappa shape index (κ1) is 13.6. The summed E-state index contributed by atoms with van der Waals surface area (Å²) < 4.78 is 36.1. The highest BCUT2D eigenvalue weighted by atomic mass is 32.2. The summed E-state index contributed by atoms with van der Waals surface area (Å²) in [4.78, 5) is 15.3. The van der Waals surface area contributed by atoms with Gasteiger partial charge in [0, 0.05) is 17.1 Å². The van der Waals surface area contributed by atoms with Gasteiger partial charge >= 0.3 is 10.0 Å². The summed E-state index contributed by atoms with van der Waals surface area (Å²) in [6.07, 6.45) is 1.22. The number of carbonyl (C=O) groups excluding carboxylic acids is 1. The second-order valence-electron chi connectivity index (χ2n) is 3.69. The topological polar surface area (TPSA) is 67.3 Å². The van der Waals surface area contributed by atoms with Gasteiger partial charge in [0.1, 0.15) is 0 Å². The highest BCUT2D eigenvalue weighted by molar-refractivity contribution is 7.91. The maximum atomic E-state index is 13.8. The minimum atomic E-state index is -4.53. The van der Waals surface area contributed by atoms with Crippen LogP contribution in [0.1, 0.15) is 15.9 Å². The van der Waals surface area contributed by atoms with Crippen molar-refractivity contribution in [1.29, 1.82) is 0 Å². The predicted octanol–water partition coefficient (Wildman–Crippen LogP) is 2.17. The first-order chi connectivity index (χ1) is 8.93. The summed E-state index contributed by atoms with van der Waals surface area (Å²) in [6.45, 7) is 1.72. The first-order valence-electron chi connectivity index (χ1n) is 5.14. The van der Waals surface area contributed by atoms with E-state index in [9.17, 15) is 17.7 Å². The van der Waals surface area contributed by atoms with Crippen molar-refractivity contribution >= 4 is 27.3 Å². The lowest BCUT2D eigenvalue weighted by Gasteiger charge is -2.10. The number of thiazole rings is 1. The number of rotatable bonds is 3. The fourth-order valence-electron chi connectivity index (χ4n) is 1.40. The number of hydrogen-bond donors (Lipinski definition) is 0. The Hall–Kier alpha value is -1.80. The molecule has 1 amide bonds. The molecule has 0 saturated carbocycles. The zero-order chi connectivity index (χ0) is 14.0. The molecule has 0 fully saturated rings. The molecule has 0 saturated heterocycles. The minimum Gasteiger partial charge on any atom is -0.265 e. The number of benzene rings is 1. The number of carbonyl (C=O) groups is 1. The van der Waals surface area contributed by atoms with Gasteiger partial charge in [-0.1, -0.05) is 26.7 Å². The highest BCUT2D eigenvalue weighted by Gasteiger charge is 2.32. The molecule has 1 heterocycles. The summed E-state index contributed by atoms with van der Waals surface area (Å²) in [5.74, 6) is -1.24. The Kier molecular flexibility index (Phi) is 3.63. The lowest BCUT2D eigenvalue weighted by Crippen LogP contribution is -2.29. The van der Waals surface area contributed by atoms with E-state index >= 15 is 0 Å². The standard InChI is InChI=1S/C11H9FN2O3S2/c1-8-3-2-4-9(7-8)10(15)14(12)19(16,17)11-13-5-6-18-11/h2-7H,1H3. The summed E-state index contributed by atoms with van der Waals surface area (Å²) in [7, 11) is -4.53. The van der Waals surface area contributed by atoms with E-state index < -0.39 is 24.8 Å². The number of halogens is 1. The summed E-state index contributed by atoms with van der Waals surface area (Å²) in [5.41, 5.74) is 0.688. The molecule has 0 radical (unpaired) electrons. The monoisotopic (exact) mass is 300 g/mol. The smallest absolute Gasteiger partial charge is 0.265 e. The molecule has 100 valence electrons. The molecule has 0 N–H and O–H groups in total. The number of nitrogens with zero attached hydrogens (tertiary/aromatic N) is 2. The van der Waals surface area contributed by atoms with E-state index in [0.717, 1.165) is 16.9 Å². The van der Waals surface area contributed by atoms with Gasteiger partial charge in [0.25, 0.3) is 5.91 Å². The van der Waals surface area contributed by atoms with Crippen LogP contribution in [-0.4, -0.2) is 23.8 Å². The number of aryl methyl sites for hydroxylation is 1. The van der Waals surface area contributed by atoms with Gasteiger partial charge in [-0.05, 0) is 19.1 Å². The Morgan fingerprint density at radius 2 is 2.16 bits per heavy atom. The molecular formula is C11H9FN2O3S2. The van der Waals surface area contributed by atoms with Crippen LogP contribution in [0.3, 0.4) is 0 Å². The molecule has 0 bridgehead atoms. The van der Waals surface area contributed by atoms with Crippen LogP contribution in [0, 0.1) is 6.92 Å². The van der Waals surface area contributed by atoms with Gasteiger partial charge in [0.15, 0.2) is 0 Å². The largest absolute Gasteiger partial charge is 0.320 e. The van der Waals surface area contributed by atoms with E-state index in [1.165, 1.54) is 23.7 Å². The maximum absolute atomic E-state index is 13.8. The van der Waals surface area contributed by atoms with Crippen molar-refractivity contribution in [3.8, 4) is 0 Å². The third kappa shape index (κ3) is 2.64. The van der Waals surface area contributed by atoms with Crippen LogP contribution in [0.25, 0.3) is 0 Å². The van der Waals surface area contributed by atoms with Crippen LogP contribution in [0.4, 0.5) is 4.48 Å². The number of aromatic nitrogens is 1. The third-order valence-corrected chi connectivity index (χ3v) is 4.89. The van der Waals surface area contributed by atoms with Gasteiger partial charge in [0.2, 0.25) is 4.34 Å². The Bertz CT molecular complexity index is 698. The van der Waals surface area contributed by atoms with Crippen molar-refractivity contribution in [2.45, 2.75) is 11.3 Å². The van der Waals surface area contributed by atoms with Crippen molar-refractivity contribution in [3.05, 3.63) is 47.0 Å². The van der Waals surface area contributed by atoms with Crippen LogP contribution in [-0.2, 0) is 10.0 Å². The molecule has 5 nitrogen and oxygen atoms in total. The van der Waals surface area contributed by atoms with Crippen LogP contribution >= 0.6 is 11.3 Å². The quantitative estimate of drug-likeness (QED) is 0.815. The Morgan fingerprint density at radius 1 is 1.42 bits per heavy atom. The van der Waals surface area contributed by atoms with Crippen LogP contribution < -0.4 is 0 Å². The summed E-state index contributed by atoms with van der Waals surface area (Å²) in [6, 6.07) is 6.02. The van der Waals surface area contributed by atoms with Crippen LogP contribution in [0.2, 0.25) is 0 Å². The fourth-order valence-corrected chi connectivity index (χ4v) is 3.26. The van der Waals surface area contributed by atoms with Gasteiger partial charge in [-0.3, -0.25) is 4.79 Å². The van der Waals surface area contributed by atoms with Gasteiger partial charge in [-0.25, -0.2) is 4.98 Å². The predicted molar refractivity (Wildman–Crippen MR) is 67.8 cm³/mol. The van der Waals surface area contributed by atoms with Crippen molar-refractivity contribution in [2.75, 3.05) is 0 Å². The van der Waals surface area contributed by atoms with Crippen molar-refractivity contribution in [2.24, 2.45) is 0 Å². The van der Waals surface area contributed by atoms with Crippen molar-refractivity contribution < 1.29 is 17.7 Å². The molecule has 1 aromatic heterocycles. The molecule has 0 atom stereocenters. The second kappa shape index (κ2) is 5.06. The van der Waals surface area contributed by atoms with E-state index in [1.807, 2.05) is 0 Å². The molecule has 8 heteroatoms. The number of hydrogen-bond acceptors (Lipinski definition) is 5. The van der Waals surface area contributed by atoms with Crippen LogP contribution in [0.15, 0.2) is 40.2 Å². The average molecular weight is 300 g/mol. The minimum absolute atomic E-state index is 0.0392. The Balaban J connectivity index is 2.35. The molecular weight excluding hydrogens is 291 g/mol. The Labute approximate surface area is 113 Å². The van der Waals surface area contributed by atoms with E-state index in [-0.39, 0.29) is 5.56 Å². The zero-order valence-electron chi connectivity index (χ0n) is 9.78. The second-order valence-corrected chi connectivity index (χ2v) is 6.50. The molecule has 1 aromatic carbocycles. The lowest BCUT2D eigenvalue weighted by atomic mass is 10.1. The van der Waals surface area contributed by atoms with E-state index in [1.54, 1.807) is 19.1 Å². The van der Waals surface area contributed by atoms with E-state index in [2.05, 4.69) is 4.98 Å². The number of amides is 1. The fraction of sp³-hybridized carbons (Fsp3) is 0.0909. The normalized spacial score (nSPS) is 11.3. The zero-order valence-corrected chi connectivity index (χ0v) is 11.4. The first-order valence-corrected chi connectivity index (χ1v) is 7.46. The molecule has 19 heavy (non-hydrogen) atoms.